The molecule has 10 nitrogen and oxygen atoms in total. The van der Waals surface area contributed by atoms with Crippen LogP contribution in [0.15, 0.2) is 81.2 Å². The van der Waals surface area contributed by atoms with Gasteiger partial charge < -0.3 is 13.8 Å². The van der Waals surface area contributed by atoms with Crippen molar-refractivity contribution in [3.05, 3.63) is 94.5 Å². The minimum Gasteiger partial charge on any atom is -0.496 e. The number of hydrogen-bond donors (Lipinski definition) is 1. The normalized spacial score (nSPS) is 11.5. The van der Waals surface area contributed by atoms with E-state index < -0.39 is 20.5 Å². The second-order valence-corrected chi connectivity index (χ2v) is 10.0. The maximum absolute atomic E-state index is 13.7. The number of nitrogens with one attached hydrogen (secondary N) is 1. The Morgan fingerprint density at radius 2 is 1.78 bits per heavy atom. The van der Waals surface area contributed by atoms with E-state index in [2.05, 4.69) is 19.8 Å². The third kappa shape index (κ3) is 4.56. The van der Waals surface area contributed by atoms with Gasteiger partial charge in [-0.3, -0.25) is 14.5 Å². The van der Waals surface area contributed by atoms with Crippen molar-refractivity contribution in [1.82, 2.24) is 19.7 Å². The van der Waals surface area contributed by atoms with E-state index in [9.17, 15) is 13.2 Å². The first kappa shape index (κ1) is 24.2. The molecule has 0 bridgehead atoms. The summed E-state index contributed by atoms with van der Waals surface area (Å²) < 4.78 is 41.6. The van der Waals surface area contributed by atoms with E-state index in [1.165, 1.54) is 30.0 Å². The quantitative estimate of drug-likeness (QED) is 0.344. The number of sulfonamides is 1. The number of benzene rings is 1. The van der Waals surface area contributed by atoms with E-state index in [0.29, 0.717) is 39.4 Å². The second-order valence-electron chi connectivity index (χ2n) is 8.35. The summed E-state index contributed by atoms with van der Waals surface area (Å²) in [6.45, 7) is 3.65. The molecule has 4 aromatic heterocycles. The minimum atomic E-state index is -4.28. The van der Waals surface area contributed by atoms with E-state index in [1.54, 1.807) is 55.6 Å². The number of aromatic nitrogens is 4. The van der Waals surface area contributed by atoms with Gasteiger partial charge in [-0.05, 0) is 50.2 Å². The van der Waals surface area contributed by atoms with Crippen molar-refractivity contribution < 1.29 is 17.7 Å². The standard InChI is InChI=1S/C26H23N5O5S/c1-16-25(17(2)36-29-16)20-12-18-13-23(37(33,34)30-24-9-5-7-11-28-24)26(32)31(21(18)14-22(20)35-3)15-19-8-4-6-10-27-19/h4-14H,15H2,1-3H3,(H,28,30). The molecule has 0 unspecified atom stereocenters. The monoisotopic (exact) mass is 517 g/mol. The molecule has 0 saturated heterocycles. The highest BCUT2D eigenvalue weighted by Crippen LogP contribution is 2.38. The van der Waals surface area contributed by atoms with Crippen LogP contribution in [0.5, 0.6) is 5.75 Å². The van der Waals surface area contributed by atoms with Crippen LogP contribution in [0.2, 0.25) is 0 Å². The number of nitrogens with zero attached hydrogens (tertiary/aromatic N) is 4. The second kappa shape index (κ2) is 9.51. The van der Waals surface area contributed by atoms with Crippen molar-refractivity contribution in [2.24, 2.45) is 0 Å². The Kier molecular flexibility index (Phi) is 6.22. The van der Waals surface area contributed by atoms with Gasteiger partial charge in [0.05, 0.1) is 36.1 Å². The SMILES string of the molecule is COc1cc2c(cc1-c1c(C)noc1C)cc(S(=O)(=O)Nc1ccccn1)c(=O)n2Cc1ccccn1. The summed E-state index contributed by atoms with van der Waals surface area (Å²) in [4.78, 5) is 21.6. The molecule has 0 fully saturated rings. The number of hydrogen-bond acceptors (Lipinski definition) is 8. The highest BCUT2D eigenvalue weighted by atomic mass is 32.2. The number of methoxy groups -OCH3 is 1. The number of aryl methyl sites for hydroxylation is 2. The molecule has 37 heavy (non-hydrogen) atoms. The first-order valence-electron chi connectivity index (χ1n) is 11.3. The fourth-order valence-corrected chi connectivity index (χ4v) is 5.36. The number of fused-ring (bicyclic) bond motifs is 1. The molecular weight excluding hydrogens is 494 g/mol. The van der Waals surface area contributed by atoms with Crippen molar-refractivity contribution >= 4 is 26.7 Å². The van der Waals surface area contributed by atoms with Crippen LogP contribution in [0.1, 0.15) is 17.1 Å². The van der Waals surface area contributed by atoms with Crippen molar-refractivity contribution in [3.63, 3.8) is 0 Å². The van der Waals surface area contributed by atoms with E-state index in [4.69, 9.17) is 9.26 Å². The van der Waals surface area contributed by atoms with Gasteiger partial charge >= 0.3 is 0 Å². The Labute approximate surface area is 212 Å². The zero-order chi connectivity index (χ0) is 26.2. The first-order valence-corrected chi connectivity index (χ1v) is 12.8. The lowest BCUT2D eigenvalue weighted by Crippen LogP contribution is -2.29. The van der Waals surface area contributed by atoms with Gasteiger partial charge in [0, 0.05) is 29.4 Å². The van der Waals surface area contributed by atoms with Crippen molar-refractivity contribution in [2.45, 2.75) is 25.3 Å². The predicted octanol–water partition coefficient (Wildman–Crippen LogP) is 3.92. The number of pyridine rings is 3. The Morgan fingerprint density at radius 3 is 2.41 bits per heavy atom. The third-order valence-corrected chi connectivity index (χ3v) is 7.27. The van der Waals surface area contributed by atoms with Crippen LogP contribution in [0, 0.1) is 13.8 Å². The molecule has 1 aromatic carbocycles. The summed E-state index contributed by atoms with van der Waals surface area (Å²) in [5.41, 5.74) is 2.43. The fraction of sp³-hybridized carbons (Fsp3) is 0.154. The lowest BCUT2D eigenvalue weighted by molar-refractivity contribution is 0.393. The molecule has 0 aliphatic carbocycles. The summed E-state index contributed by atoms with van der Waals surface area (Å²) in [7, 11) is -2.75. The van der Waals surface area contributed by atoms with Crippen molar-refractivity contribution in [1.29, 1.82) is 0 Å². The molecule has 5 aromatic rings. The molecule has 0 aliphatic heterocycles. The van der Waals surface area contributed by atoms with Gasteiger partial charge in [-0.1, -0.05) is 17.3 Å². The Hall–Kier alpha value is -4.51. The van der Waals surface area contributed by atoms with Crippen molar-refractivity contribution in [2.75, 3.05) is 11.8 Å². The zero-order valence-electron chi connectivity index (χ0n) is 20.3. The Balaban J connectivity index is 1.78. The molecule has 0 aliphatic rings. The number of rotatable bonds is 7. The fourth-order valence-electron chi connectivity index (χ4n) is 4.23. The molecule has 0 atom stereocenters. The van der Waals surface area contributed by atoms with Crippen LogP contribution in [-0.4, -0.2) is 35.2 Å². The smallest absolute Gasteiger partial charge is 0.272 e. The maximum atomic E-state index is 13.7. The number of ether oxygens (including phenoxy) is 1. The molecule has 1 N–H and O–H groups in total. The molecule has 0 spiro atoms. The first-order chi connectivity index (χ1) is 17.8. The predicted molar refractivity (Wildman–Crippen MR) is 138 cm³/mol. The van der Waals surface area contributed by atoms with Crippen LogP contribution in [0.4, 0.5) is 5.82 Å². The lowest BCUT2D eigenvalue weighted by Gasteiger charge is -2.17. The van der Waals surface area contributed by atoms with Gasteiger partial charge in [0.15, 0.2) is 4.90 Å². The largest absolute Gasteiger partial charge is 0.496 e. The van der Waals surface area contributed by atoms with Crippen molar-refractivity contribution in [3.8, 4) is 16.9 Å². The van der Waals surface area contributed by atoms with Gasteiger partial charge in [-0.15, -0.1) is 0 Å². The lowest BCUT2D eigenvalue weighted by atomic mass is 10.0. The Bertz CT molecular complexity index is 1750. The molecule has 5 rings (SSSR count). The van der Waals surface area contributed by atoms with Gasteiger partial charge in [-0.25, -0.2) is 13.4 Å². The van der Waals surface area contributed by atoms with E-state index in [0.717, 1.165) is 5.56 Å². The summed E-state index contributed by atoms with van der Waals surface area (Å²) >= 11 is 0. The summed E-state index contributed by atoms with van der Waals surface area (Å²) in [6.07, 6.45) is 3.07. The highest BCUT2D eigenvalue weighted by molar-refractivity contribution is 7.92. The summed E-state index contributed by atoms with van der Waals surface area (Å²) in [6, 6.07) is 15.0. The minimum absolute atomic E-state index is 0.0525. The highest BCUT2D eigenvalue weighted by Gasteiger charge is 2.25. The molecular formula is C26H23N5O5S. The van der Waals surface area contributed by atoms with E-state index >= 15 is 0 Å². The molecule has 0 saturated carbocycles. The molecule has 188 valence electrons. The van der Waals surface area contributed by atoms with Crippen LogP contribution >= 0.6 is 0 Å². The maximum Gasteiger partial charge on any atom is 0.272 e. The van der Waals surface area contributed by atoms with Crippen LogP contribution in [0.3, 0.4) is 0 Å². The third-order valence-electron chi connectivity index (χ3n) is 5.92. The summed E-state index contributed by atoms with van der Waals surface area (Å²) in [5.74, 6) is 1.17. The molecule has 11 heteroatoms. The van der Waals surface area contributed by atoms with Crippen LogP contribution in [-0.2, 0) is 16.6 Å². The van der Waals surface area contributed by atoms with Crippen LogP contribution in [0.25, 0.3) is 22.0 Å². The van der Waals surface area contributed by atoms with Gasteiger partial charge in [0.2, 0.25) is 0 Å². The Morgan fingerprint density at radius 1 is 1.03 bits per heavy atom. The molecule has 0 amide bonds. The number of anilines is 1. The molecule has 4 heterocycles. The topological polar surface area (TPSA) is 129 Å². The molecule has 0 radical (unpaired) electrons. The van der Waals surface area contributed by atoms with Gasteiger partial charge in [-0.2, -0.15) is 0 Å². The van der Waals surface area contributed by atoms with Crippen LogP contribution < -0.4 is 15.0 Å². The zero-order valence-corrected chi connectivity index (χ0v) is 21.1. The van der Waals surface area contributed by atoms with E-state index in [1.807, 2.05) is 6.92 Å². The average Bonchev–Trinajstić information content (AvgIpc) is 3.23. The average molecular weight is 518 g/mol. The van der Waals surface area contributed by atoms with Gasteiger partial charge in [0.1, 0.15) is 17.3 Å². The summed E-state index contributed by atoms with van der Waals surface area (Å²) in [5, 5.41) is 4.54. The van der Waals surface area contributed by atoms with E-state index in [-0.39, 0.29) is 12.4 Å². The van der Waals surface area contributed by atoms with Gasteiger partial charge in [0.25, 0.3) is 15.6 Å².